The number of rotatable bonds is 5. The summed E-state index contributed by atoms with van der Waals surface area (Å²) in [5, 5.41) is 16.0. The number of pyridine rings is 1. The lowest BCUT2D eigenvalue weighted by Gasteiger charge is -2.33. The van der Waals surface area contributed by atoms with Crippen LogP contribution in [0.3, 0.4) is 0 Å². The molecule has 3 aromatic rings. The van der Waals surface area contributed by atoms with Crippen LogP contribution >= 0.6 is 0 Å². The zero-order valence-corrected chi connectivity index (χ0v) is 18.6. The highest BCUT2D eigenvalue weighted by Gasteiger charge is 2.45. The summed E-state index contributed by atoms with van der Waals surface area (Å²) in [7, 11) is 0. The third-order valence-corrected chi connectivity index (χ3v) is 6.30. The molecule has 1 atom stereocenters. The number of hydrogen-bond acceptors (Lipinski definition) is 6. The second-order valence-corrected chi connectivity index (χ2v) is 8.58. The average molecular weight is 450 g/mol. The van der Waals surface area contributed by atoms with E-state index in [0.29, 0.717) is 50.7 Å². The molecule has 0 radical (unpaired) electrons. The fourth-order valence-corrected chi connectivity index (χ4v) is 4.50. The van der Waals surface area contributed by atoms with Gasteiger partial charge in [0.25, 0.3) is 5.91 Å². The fourth-order valence-electron chi connectivity index (χ4n) is 4.50. The molecule has 0 bridgehead atoms. The lowest BCUT2D eigenvalue weighted by molar-refractivity contribution is -0.0828. The van der Waals surface area contributed by atoms with Crippen LogP contribution in [0.5, 0.6) is 0 Å². The highest BCUT2D eigenvalue weighted by molar-refractivity contribution is 6.05. The Morgan fingerprint density at radius 2 is 2.06 bits per heavy atom. The number of fused-ring (bicyclic) bond motifs is 2. The predicted octanol–water partition coefficient (Wildman–Crippen LogP) is 1.85. The van der Waals surface area contributed by atoms with Gasteiger partial charge in [0.15, 0.2) is 0 Å². The average Bonchev–Trinajstić information content (AvgIpc) is 3.44. The maximum Gasteiger partial charge on any atom is 0.315 e. The largest absolute Gasteiger partial charge is 0.365 e. The normalized spacial score (nSPS) is 19.6. The summed E-state index contributed by atoms with van der Waals surface area (Å²) in [6.07, 6.45) is 3.27. The van der Waals surface area contributed by atoms with E-state index in [1.165, 1.54) is 0 Å². The molecule has 1 fully saturated rings. The molecule has 2 aromatic heterocycles. The van der Waals surface area contributed by atoms with Crippen LogP contribution in [0, 0.1) is 0 Å². The Balaban J connectivity index is 1.26. The van der Waals surface area contributed by atoms with E-state index in [0.717, 1.165) is 29.3 Å². The highest BCUT2D eigenvalue weighted by atomic mass is 16.5. The first kappa shape index (κ1) is 21.3. The number of urea groups is 1. The molecule has 33 heavy (non-hydrogen) atoms. The second kappa shape index (κ2) is 8.78. The van der Waals surface area contributed by atoms with E-state index >= 15 is 0 Å². The van der Waals surface area contributed by atoms with Crippen LogP contribution in [-0.2, 0) is 24.4 Å². The lowest BCUT2D eigenvalue weighted by Crippen LogP contribution is -2.45. The van der Waals surface area contributed by atoms with Crippen molar-refractivity contribution >= 4 is 22.7 Å². The van der Waals surface area contributed by atoms with Gasteiger partial charge in [0.2, 0.25) is 0 Å². The molecular weight excluding hydrogens is 422 g/mol. The Morgan fingerprint density at radius 1 is 1.18 bits per heavy atom. The van der Waals surface area contributed by atoms with Crippen molar-refractivity contribution < 1.29 is 14.3 Å². The molecule has 1 spiro atoms. The molecule has 172 valence electrons. The Bertz CT molecular complexity index is 1190. The number of nitrogens with one attached hydrogen (secondary N) is 2. The zero-order valence-electron chi connectivity index (χ0n) is 18.6. The first-order chi connectivity index (χ1) is 16.1. The Labute approximate surface area is 191 Å². The van der Waals surface area contributed by atoms with Crippen molar-refractivity contribution in [2.45, 2.75) is 45.1 Å². The Morgan fingerprint density at radius 3 is 2.94 bits per heavy atom. The summed E-state index contributed by atoms with van der Waals surface area (Å²) in [6.45, 7) is 4.85. The van der Waals surface area contributed by atoms with E-state index in [1.807, 2.05) is 46.8 Å². The monoisotopic (exact) mass is 449 g/mol. The number of carbonyl (C=O) groups excluding carboxylic acids is 2. The van der Waals surface area contributed by atoms with Crippen LogP contribution in [0.4, 0.5) is 4.79 Å². The van der Waals surface area contributed by atoms with Crippen molar-refractivity contribution in [1.29, 1.82) is 0 Å². The van der Waals surface area contributed by atoms with Crippen molar-refractivity contribution in [1.82, 2.24) is 35.5 Å². The predicted molar refractivity (Wildman–Crippen MR) is 120 cm³/mol. The number of nitrogens with zero attached hydrogens (tertiary/aromatic N) is 5. The maximum atomic E-state index is 13.3. The zero-order chi connectivity index (χ0) is 22.8. The van der Waals surface area contributed by atoms with Gasteiger partial charge in [0.1, 0.15) is 17.0 Å². The minimum Gasteiger partial charge on any atom is -0.365 e. The summed E-state index contributed by atoms with van der Waals surface area (Å²) in [6, 6.07) is 9.47. The summed E-state index contributed by atoms with van der Waals surface area (Å²) in [4.78, 5) is 31.3. The summed E-state index contributed by atoms with van der Waals surface area (Å²) >= 11 is 0. The molecule has 0 saturated carbocycles. The molecule has 2 aliphatic rings. The quantitative estimate of drug-likeness (QED) is 0.615. The van der Waals surface area contributed by atoms with E-state index in [1.54, 1.807) is 6.20 Å². The van der Waals surface area contributed by atoms with Gasteiger partial charge in [-0.15, -0.1) is 5.10 Å². The van der Waals surface area contributed by atoms with E-state index < -0.39 is 5.60 Å². The number of ether oxygens (including phenoxy) is 1. The van der Waals surface area contributed by atoms with Crippen molar-refractivity contribution in [2.75, 3.05) is 19.6 Å². The fraction of sp³-hybridized carbons (Fsp3) is 0.435. The van der Waals surface area contributed by atoms with Gasteiger partial charge in [-0.2, -0.15) is 0 Å². The minimum absolute atomic E-state index is 0.0837. The van der Waals surface area contributed by atoms with Crippen LogP contribution < -0.4 is 10.6 Å². The van der Waals surface area contributed by atoms with Gasteiger partial charge in [0, 0.05) is 24.7 Å². The molecule has 1 aromatic carbocycles. The first-order valence-corrected chi connectivity index (χ1v) is 11.3. The number of amides is 3. The van der Waals surface area contributed by atoms with Crippen molar-refractivity contribution in [3.05, 3.63) is 53.6 Å². The molecule has 10 nitrogen and oxygen atoms in total. The van der Waals surface area contributed by atoms with Gasteiger partial charge in [0.05, 0.1) is 31.9 Å². The van der Waals surface area contributed by atoms with Gasteiger partial charge in [-0.3, -0.25) is 9.78 Å². The van der Waals surface area contributed by atoms with E-state index in [-0.39, 0.29) is 11.9 Å². The van der Waals surface area contributed by atoms with Gasteiger partial charge < -0.3 is 20.3 Å². The third-order valence-electron chi connectivity index (χ3n) is 6.30. The molecule has 0 aliphatic carbocycles. The van der Waals surface area contributed by atoms with Crippen molar-refractivity contribution in [2.24, 2.45) is 0 Å². The molecule has 3 amide bonds. The van der Waals surface area contributed by atoms with Gasteiger partial charge in [-0.1, -0.05) is 36.4 Å². The number of benzene rings is 1. The van der Waals surface area contributed by atoms with Crippen molar-refractivity contribution in [3.63, 3.8) is 0 Å². The summed E-state index contributed by atoms with van der Waals surface area (Å²) in [5.74, 6) is -0.0837. The van der Waals surface area contributed by atoms with E-state index in [2.05, 4.69) is 25.9 Å². The number of carbonyl (C=O) groups is 2. The smallest absolute Gasteiger partial charge is 0.315 e. The van der Waals surface area contributed by atoms with Gasteiger partial charge in [-0.25, -0.2) is 9.48 Å². The SMILES string of the molecule is CCCNC(=O)NCc1nnn2c1COC1(CCN(C(=O)c3nccc4ccccc34)C1)C2. The Hall–Kier alpha value is -3.53. The standard InChI is InChI=1S/C23H27N7O3/c1-2-9-25-22(32)26-12-18-19-13-33-23(15-30(19)28-27-18)8-11-29(14-23)21(31)20-17-6-4-3-5-16(17)7-10-24-20/h3-7,10H,2,8-9,11-15H2,1H3,(H2,25,26,32). The number of aromatic nitrogens is 4. The number of hydrogen-bond donors (Lipinski definition) is 2. The lowest BCUT2D eigenvalue weighted by atomic mass is 10.0. The molecule has 4 heterocycles. The van der Waals surface area contributed by atoms with Crippen LogP contribution in [0.2, 0.25) is 0 Å². The van der Waals surface area contributed by atoms with Crippen LogP contribution in [0.15, 0.2) is 36.5 Å². The van der Waals surface area contributed by atoms with E-state index in [4.69, 9.17) is 4.74 Å². The molecule has 2 N–H and O–H groups in total. The summed E-state index contributed by atoms with van der Waals surface area (Å²) < 4.78 is 8.13. The number of likely N-dealkylation sites (tertiary alicyclic amines) is 1. The maximum absolute atomic E-state index is 13.3. The molecule has 1 saturated heterocycles. The Kier molecular flexibility index (Phi) is 5.67. The molecule has 10 heteroatoms. The molecule has 5 rings (SSSR count). The minimum atomic E-state index is -0.496. The topological polar surface area (TPSA) is 114 Å². The first-order valence-electron chi connectivity index (χ1n) is 11.3. The second-order valence-electron chi connectivity index (χ2n) is 8.58. The van der Waals surface area contributed by atoms with Gasteiger partial charge >= 0.3 is 6.03 Å². The van der Waals surface area contributed by atoms with E-state index in [9.17, 15) is 9.59 Å². The summed E-state index contributed by atoms with van der Waals surface area (Å²) in [5.41, 5.74) is 1.53. The van der Waals surface area contributed by atoms with Crippen LogP contribution in [-0.4, -0.2) is 62.1 Å². The third kappa shape index (κ3) is 4.13. The molecular formula is C23H27N7O3. The van der Waals surface area contributed by atoms with Crippen LogP contribution in [0.1, 0.15) is 41.6 Å². The highest BCUT2D eigenvalue weighted by Crippen LogP contribution is 2.33. The van der Waals surface area contributed by atoms with Crippen LogP contribution in [0.25, 0.3) is 10.8 Å². The molecule has 2 aliphatic heterocycles. The van der Waals surface area contributed by atoms with Crippen molar-refractivity contribution in [3.8, 4) is 0 Å². The van der Waals surface area contributed by atoms with Gasteiger partial charge in [-0.05, 0) is 24.3 Å². The molecule has 1 unspecified atom stereocenters.